The van der Waals surface area contributed by atoms with Crippen LogP contribution in [-0.4, -0.2) is 36.6 Å². The topological polar surface area (TPSA) is 29.5 Å². The summed E-state index contributed by atoms with van der Waals surface area (Å²) in [5.74, 6) is 1.89. The first kappa shape index (κ1) is 20.3. The van der Waals surface area contributed by atoms with Gasteiger partial charge < -0.3 is 9.64 Å². The van der Waals surface area contributed by atoms with Gasteiger partial charge in [-0.15, -0.1) is 0 Å². The minimum atomic E-state index is 0.0694. The van der Waals surface area contributed by atoms with Gasteiger partial charge in [-0.25, -0.2) is 0 Å². The van der Waals surface area contributed by atoms with Crippen LogP contribution in [0.15, 0.2) is 42.5 Å². The van der Waals surface area contributed by atoms with Crippen molar-refractivity contribution in [3.8, 4) is 0 Å². The molecule has 1 aromatic carbocycles. The molecule has 2 saturated heterocycles. The zero-order valence-electron chi connectivity index (χ0n) is 18.5. The standard InChI is InChI=1S/C27H37NO2/c1-19-7-6-12-27(2)17-25-22(16-24(19)27)23(26(29)30-25)18-28-13-10-21(11-14-28)15-20-8-4-3-5-9-20/h3-5,8-9,21-25H,1,6-7,10-18H2,2H3/t22-,23+,24+,25-,27-/m1/s1. The monoisotopic (exact) mass is 407 g/mol. The minimum absolute atomic E-state index is 0.0694. The van der Waals surface area contributed by atoms with E-state index in [4.69, 9.17) is 4.74 Å². The summed E-state index contributed by atoms with van der Waals surface area (Å²) in [5.41, 5.74) is 3.18. The van der Waals surface area contributed by atoms with Gasteiger partial charge in [0.1, 0.15) is 6.10 Å². The largest absolute Gasteiger partial charge is 0.462 e. The Bertz CT molecular complexity index is 781. The van der Waals surface area contributed by atoms with Crippen LogP contribution in [0.2, 0.25) is 0 Å². The Balaban J connectivity index is 1.19. The molecule has 0 spiro atoms. The molecule has 0 bridgehead atoms. The predicted molar refractivity (Wildman–Crippen MR) is 120 cm³/mol. The van der Waals surface area contributed by atoms with E-state index in [-0.39, 0.29) is 18.0 Å². The molecule has 30 heavy (non-hydrogen) atoms. The van der Waals surface area contributed by atoms with Crippen molar-refractivity contribution in [3.05, 3.63) is 48.0 Å². The number of benzene rings is 1. The maximum Gasteiger partial charge on any atom is 0.310 e. The van der Waals surface area contributed by atoms with Gasteiger partial charge >= 0.3 is 5.97 Å². The van der Waals surface area contributed by atoms with Crippen LogP contribution < -0.4 is 0 Å². The highest BCUT2D eigenvalue weighted by Crippen LogP contribution is 2.57. The fourth-order valence-electron chi connectivity index (χ4n) is 7.06. The van der Waals surface area contributed by atoms with Gasteiger partial charge in [-0.3, -0.25) is 4.79 Å². The molecule has 5 atom stereocenters. The van der Waals surface area contributed by atoms with Crippen molar-refractivity contribution in [1.29, 1.82) is 0 Å². The number of carbonyl (C=O) groups is 1. The van der Waals surface area contributed by atoms with Gasteiger partial charge in [-0.2, -0.15) is 0 Å². The van der Waals surface area contributed by atoms with Crippen molar-refractivity contribution in [3.63, 3.8) is 0 Å². The second-order valence-corrected chi connectivity index (χ2v) is 10.8. The maximum atomic E-state index is 12.8. The number of likely N-dealkylation sites (tertiary alicyclic amines) is 1. The van der Waals surface area contributed by atoms with Crippen LogP contribution in [0.5, 0.6) is 0 Å². The maximum absolute atomic E-state index is 12.8. The van der Waals surface area contributed by atoms with E-state index in [0.29, 0.717) is 17.3 Å². The molecule has 4 aliphatic rings. The zero-order valence-corrected chi connectivity index (χ0v) is 18.5. The summed E-state index contributed by atoms with van der Waals surface area (Å²) in [6, 6.07) is 10.9. The molecule has 1 aromatic rings. The van der Waals surface area contributed by atoms with E-state index >= 15 is 0 Å². The van der Waals surface area contributed by atoms with Crippen molar-refractivity contribution in [2.75, 3.05) is 19.6 Å². The van der Waals surface area contributed by atoms with E-state index in [1.54, 1.807) is 0 Å². The third kappa shape index (κ3) is 3.86. The third-order valence-electron chi connectivity index (χ3n) is 8.85. The van der Waals surface area contributed by atoms with Gasteiger partial charge in [0.15, 0.2) is 0 Å². The fraction of sp³-hybridized carbons (Fsp3) is 0.667. The molecule has 0 unspecified atom stereocenters. The Morgan fingerprint density at radius 3 is 2.73 bits per heavy atom. The number of fused-ring (bicyclic) bond motifs is 2. The Morgan fingerprint density at radius 1 is 1.20 bits per heavy atom. The van der Waals surface area contributed by atoms with Gasteiger partial charge in [-0.1, -0.05) is 49.4 Å². The summed E-state index contributed by atoms with van der Waals surface area (Å²) in [7, 11) is 0. The summed E-state index contributed by atoms with van der Waals surface area (Å²) in [6.45, 7) is 9.97. The van der Waals surface area contributed by atoms with E-state index in [1.807, 2.05) is 0 Å². The van der Waals surface area contributed by atoms with Crippen LogP contribution in [0.1, 0.15) is 57.4 Å². The lowest BCUT2D eigenvalue weighted by Crippen LogP contribution is -2.46. The molecule has 3 heteroatoms. The molecule has 5 rings (SSSR count). The molecule has 0 N–H and O–H groups in total. The highest BCUT2D eigenvalue weighted by molar-refractivity contribution is 5.75. The number of rotatable bonds is 4. The second kappa shape index (κ2) is 8.15. The number of esters is 1. The van der Waals surface area contributed by atoms with E-state index in [2.05, 4.69) is 48.7 Å². The quantitative estimate of drug-likeness (QED) is 0.504. The third-order valence-corrected chi connectivity index (χ3v) is 8.85. The molecule has 4 fully saturated rings. The lowest BCUT2D eigenvalue weighted by Gasteiger charge is -2.50. The molecule has 162 valence electrons. The van der Waals surface area contributed by atoms with Crippen LogP contribution in [0, 0.1) is 29.1 Å². The van der Waals surface area contributed by atoms with E-state index in [0.717, 1.165) is 38.4 Å². The zero-order chi connectivity index (χ0) is 20.7. The Hall–Kier alpha value is -1.61. The smallest absolute Gasteiger partial charge is 0.310 e. The molecule has 2 saturated carbocycles. The number of piperidine rings is 1. The van der Waals surface area contributed by atoms with Crippen LogP contribution >= 0.6 is 0 Å². The highest BCUT2D eigenvalue weighted by Gasteiger charge is 2.55. The minimum Gasteiger partial charge on any atom is -0.462 e. The van der Waals surface area contributed by atoms with Crippen molar-refractivity contribution < 1.29 is 9.53 Å². The van der Waals surface area contributed by atoms with Gasteiger partial charge in [-0.05, 0) is 87.3 Å². The van der Waals surface area contributed by atoms with Gasteiger partial charge in [0.2, 0.25) is 0 Å². The average molecular weight is 408 g/mol. The molecular weight excluding hydrogens is 370 g/mol. The Kier molecular flexibility index (Phi) is 5.51. The lowest BCUT2D eigenvalue weighted by atomic mass is 9.55. The molecule has 0 amide bonds. The number of hydrogen-bond acceptors (Lipinski definition) is 3. The molecule has 0 radical (unpaired) electrons. The van der Waals surface area contributed by atoms with Crippen molar-refractivity contribution in [2.24, 2.45) is 29.1 Å². The first-order valence-electron chi connectivity index (χ1n) is 12.2. The lowest BCUT2D eigenvalue weighted by molar-refractivity contribution is -0.146. The molecule has 2 aliphatic carbocycles. The predicted octanol–water partition coefficient (Wildman–Crippen LogP) is 5.26. The normalized spacial score (nSPS) is 37.5. The summed E-state index contributed by atoms with van der Waals surface area (Å²) < 4.78 is 5.97. The first-order chi connectivity index (χ1) is 14.5. The molecule has 2 heterocycles. The van der Waals surface area contributed by atoms with Crippen molar-refractivity contribution >= 4 is 5.97 Å². The number of carbonyl (C=O) groups excluding carboxylic acids is 1. The molecule has 2 aliphatic heterocycles. The van der Waals surface area contributed by atoms with Gasteiger partial charge in [0.25, 0.3) is 0 Å². The van der Waals surface area contributed by atoms with E-state index in [9.17, 15) is 4.79 Å². The van der Waals surface area contributed by atoms with Crippen molar-refractivity contribution in [1.82, 2.24) is 4.90 Å². The summed E-state index contributed by atoms with van der Waals surface area (Å²) in [6.07, 6.45) is 9.65. The van der Waals surface area contributed by atoms with Crippen LogP contribution in [0.3, 0.4) is 0 Å². The summed E-state index contributed by atoms with van der Waals surface area (Å²) in [4.78, 5) is 15.4. The number of nitrogens with zero attached hydrogens (tertiary/aromatic N) is 1. The van der Waals surface area contributed by atoms with Crippen LogP contribution in [0.25, 0.3) is 0 Å². The van der Waals surface area contributed by atoms with Crippen LogP contribution in [-0.2, 0) is 16.0 Å². The molecule has 3 nitrogen and oxygen atoms in total. The van der Waals surface area contributed by atoms with E-state index < -0.39 is 0 Å². The molecular formula is C27H37NO2. The molecule has 0 aromatic heterocycles. The first-order valence-corrected chi connectivity index (χ1v) is 12.2. The van der Waals surface area contributed by atoms with Crippen molar-refractivity contribution in [2.45, 2.75) is 64.4 Å². The van der Waals surface area contributed by atoms with Gasteiger partial charge in [0.05, 0.1) is 5.92 Å². The van der Waals surface area contributed by atoms with Crippen LogP contribution in [0.4, 0.5) is 0 Å². The highest BCUT2D eigenvalue weighted by atomic mass is 16.6. The second-order valence-electron chi connectivity index (χ2n) is 10.8. The van der Waals surface area contributed by atoms with E-state index in [1.165, 1.54) is 49.7 Å². The Labute approximate surface area is 181 Å². The average Bonchev–Trinajstić information content (AvgIpc) is 3.02. The summed E-state index contributed by atoms with van der Waals surface area (Å²) in [5, 5.41) is 0. The Morgan fingerprint density at radius 2 is 1.97 bits per heavy atom. The van der Waals surface area contributed by atoms with Gasteiger partial charge in [0, 0.05) is 12.5 Å². The fourth-order valence-corrected chi connectivity index (χ4v) is 7.06. The SMILES string of the molecule is C=C1CCC[C@]2(C)C[C@H]3OC(=O)[C@@H](CN4CCC(Cc5ccccc5)CC4)[C@H]3C[C@@H]12. The summed E-state index contributed by atoms with van der Waals surface area (Å²) >= 11 is 0. The number of hydrogen-bond donors (Lipinski definition) is 0. The number of ether oxygens (including phenoxy) is 1. The number of allylic oxidation sites excluding steroid dienone is 1.